The summed E-state index contributed by atoms with van der Waals surface area (Å²) in [5.74, 6) is -0.781. The van der Waals surface area contributed by atoms with Gasteiger partial charge in [0.2, 0.25) is 0 Å². The van der Waals surface area contributed by atoms with Crippen molar-refractivity contribution in [2.45, 2.75) is 58.2 Å². The van der Waals surface area contributed by atoms with Gasteiger partial charge in [-0.3, -0.25) is 18.7 Å². The van der Waals surface area contributed by atoms with Crippen LogP contribution in [0.15, 0.2) is 57.3 Å². The van der Waals surface area contributed by atoms with Crippen molar-refractivity contribution in [3.8, 4) is 0 Å². The lowest BCUT2D eigenvalue weighted by atomic mass is 9.99. The van der Waals surface area contributed by atoms with Gasteiger partial charge in [-0.25, -0.2) is 14.0 Å². The van der Waals surface area contributed by atoms with Gasteiger partial charge in [-0.05, 0) is 69.7 Å². The molecule has 3 amide bonds. The molecular weight excluding hydrogens is 541 g/mol. The molecule has 1 aliphatic heterocycles. The standard InChI is InChI=1S/C30H36FN7O4/c1-17(2)38-26-13-23(31)25(12-22(26)28(40)37(30(38)42)15-18-6-7-18)35-29(41)36-10-4-5-21(16-36)34-27(39)19-8-9-24(32)20(11-19)14-33-3/h8-9,11-14,17-18,21,32-33H,4-7,10,15-16H2,1-3H3,(H,34,39)(H,35,41)/b20-14-,32-24?/t21-/m1/s1. The van der Waals surface area contributed by atoms with Gasteiger partial charge >= 0.3 is 11.7 Å². The number of aromatic nitrogens is 2. The molecule has 5 rings (SSSR count). The van der Waals surface area contributed by atoms with E-state index in [1.807, 2.05) is 0 Å². The van der Waals surface area contributed by atoms with Crippen LogP contribution in [0.3, 0.4) is 0 Å². The van der Waals surface area contributed by atoms with Crippen LogP contribution < -0.4 is 27.2 Å². The molecule has 0 bridgehead atoms. The number of hydrogen-bond acceptors (Lipinski definition) is 6. The molecule has 2 heterocycles. The van der Waals surface area contributed by atoms with Crippen LogP contribution in [0.5, 0.6) is 0 Å². The summed E-state index contributed by atoms with van der Waals surface area (Å²) in [7, 11) is 1.72. The normalized spacial score (nSPS) is 19.8. The number of benzene rings is 1. The van der Waals surface area contributed by atoms with Crippen molar-refractivity contribution in [1.82, 2.24) is 24.7 Å². The molecule has 11 nitrogen and oxygen atoms in total. The fraction of sp³-hybridized carbons (Fsp3) is 0.433. The molecule has 0 unspecified atom stereocenters. The van der Waals surface area contributed by atoms with E-state index in [0.717, 1.165) is 18.9 Å². The van der Waals surface area contributed by atoms with Crippen LogP contribution in [0, 0.1) is 17.1 Å². The Morgan fingerprint density at radius 3 is 2.62 bits per heavy atom. The third-order valence-corrected chi connectivity index (χ3v) is 7.81. The van der Waals surface area contributed by atoms with Gasteiger partial charge in [-0.2, -0.15) is 0 Å². The number of carbonyl (C=O) groups is 2. The minimum absolute atomic E-state index is 0.147. The summed E-state index contributed by atoms with van der Waals surface area (Å²) in [5, 5.41) is 16.6. The Hall–Kier alpha value is -4.48. The Bertz CT molecular complexity index is 1660. The van der Waals surface area contributed by atoms with Crippen molar-refractivity contribution in [2.24, 2.45) is 5.92 Å². The second-order valence-corrected chi connectivity index (χ2v) is 11.4. The first-order valence-corrected chi connectivity index (χ1v) is 14.3. The molecule has 0 spiro atoms. The Labute approximate surface area is 242 Å². The summed E-state index contributed by atoms with van der Waals surface area (Å²) in [4.78, 5) is 54.1. The fourth-order valence-electron chi connectivity index (χ4n) is 5.43. The first kappa shape index (κ1) is 29.0. The molecule has 2 fully saturated rings. The van der Waals surface area contributed by atoms with Gasteiger partial charge in [0.1, 0.15) is 5.82 Å². The highest BCUT2D eigenvalue weighted by Gasteiger charge is 2.28. The second-order valence-electron chi connectivity index (χ2n) is 11.4. The van der Waals surface area contributed by atoms with Crippen LogP contribution in [0.25, 0.3) is 10.9 Å². The molecule has 1 atom stereocenters. The Morgan fingerprint density at radius 1 is 1.17 bits per heavy atom. The summed E-state index contributed by atoms with van der Waals surface area (Å²) in [6.45, 7) is 4.57. The third-order valence-electron chi connectivity index (χ3n) is 7.81. The molecule has 222 valence electrons. The van der Waals surface area contributed by atoms with Crippen LogP contribution in [0.2, 0.25) is 0 Å². The van der Waals surface area contributed by atoms with E-state index in [9.17, 15) is 19.2 Å². The molecule has 4 N–H and O–H groups in total. The van der Waals surface area contributed by atoms with E-state index in [1.54, 1.807) is 45.3 Å². The topological polar surface area (TPSA) is 141 Å². The number of rotatable bonds is 7. The largest absolute Gasteiger partial charge is 0.393 e. The highest BCUT2D eigenvalue weighted by molar-refractivity contribution is 6.13. The van der Waals surface area contributed by atoms with Crippen molar-refractivity contribution in [3.63, 3.8) is 0 Å². The van der Waals surface area contributed by atoms with E-state index < -0.39 is 23.1 Å². The first-order valence-electron chi connectivity index (χ1n) is 14.3. The van der Waals surface area contributed by atoms with E-state index in [4.69, 9.17) is 5.41 Å². The molecule has 1 aromatic carbocycles. The number of amides is 3. The zero-order valence-electron chi connectivity index (χ0n) is 24.0. The van der Waals surface area contributed by atoms with Crippen molar-refractivity contribution in [3.05, 3.63) is 74.4 Å². The van der Waals surface area contributed by atoms with Crippen molar-refractivity contribution >= 4 is 34.2 Å². The maximum Gasteiger partial charge on any atom is 0.331 e. The number of carbonyl (C=O) groups excluding carboxylic acids is 2. The maximum atomic E-state index is 15.3. The SMILES string of the molecule is CN/C=C1/C=C(C(=O)N[C@@H]2CCCN(C(=O)Nc3cc4c(=O)n(CC5CC5)c(=O)n(C(C)C)c4cc3F)C2)C=CC1=N. The van der Waals surface area contributed by atoms with Crippen LogP contribution >= 0.6 is 0 Å². The van der Waals surface area contributed by atoms with Crippen LogP contribution in [0.1, 0.15) is 45.6 Å². The van der Waals surface area contributed by atoms with Crippen molar-refractivity contribution in [1.29, 1.82) is 5.41 Å². The number of allylic oxidation sites excluding steroid dienone is 3. The summed E-state index contributed by atoms with van der Waals surface area (Å²) >= 11 is 0. The summed E-state index contributed by atoms with van der Waals surface area (Å²) in [5.41, 5.74) is 0.361. The minimum Gasteiger partial charge on any atom is -0.393 e. The lowest BCUT2D eigenvalue weighted by Gasteiger charge is -2.33. The third kappa shape index (κ3) is 5.93. The highest BCUT2D eigenvalue weighted by Crippen LogP contribution is 2.30. The summed E-state index contributed by atoms with van der Waals surface area (Å²) in [6.07, 6.45) is 9.62. The number of urea groups is 1. The lowest BCUT2D eigenvalue weighted by Crippen LogP contribution is -2.51. The molecule has 2 aliphatic carbocycles. The predicted octanol–water partition coefficient (Wildman–Crippen LogP) is 3.02. The van der Waals surface area contributed by atoms with E-state index in [1.165, 1.54) is 20.1 Å². The van der Waals surface area contributed by atoms with Gasteiger partial charge in [0.05, 0.1) is 22.3 Å². The average Bonchev–Trinajstić information content (AvgIpc) is 3.77. The average molecular weight is 578 g/mol. The monoisotopic (exact) mass is 577 g/mol. The van der Waals surface area contributed by atoms with E-state index in [0.29, 0.717) is 37.1 Å². The van der Waals surface area contributed by atoms with Crippen LogP contribution in [0.4, 0.5) is 14.9 Å². The van der Waals surface area contributed by atoms with Crippen LogP contribution in [-0.2, 0) is 11.3 Å². The number of piperidine rings is 1. The van der Waals surface area contributed by atoms with E-state index in [-0.39, 0.29) is 52.8 Å². The minimum atomic E-state index is -0.752. The molecule has 12 heteroatoms. The van der Waals surface area contributed by atoms with Gasteiger partial charge in [-0.15, -0.1) is 0 Å². The predicted molar refractivity (Wildman–Crippen MR) is 159 cm³/mol. The van der Waals surface area contributed by atoms with Gasteiger partial charge in [0.15, 0.2) is 0 Å². The maximum absolute atomic E-state index is 15.3. The van der Waals surface area contributed by atoms with E-state index >= 15 is 4.39 Å². The smallest absolute Gasteiger partial charge is 0.331 e. The van der Waals surface area contributed by atoms with E-state index in [2.05, 4.69) is 16.0 Å². The highest BCUT2D eigenvalue weighted by atomic mass is 19.1. The second kappa shape index (κ2) is 11.8. The lowest BCUT2D eigenvalue weighted by molar-refractivity contribution is -0.118. The molecule has 1 saturated carbocycles. The number of anilines is 1. The summed E-state index contributed by atoms with van der Waals surface area (Å²) < 4.78 is 17.9. The zero-order chi connectivity index (χ0) is 30.1. The molecular formula is C30H36FN7O4. The molecule has 3 aliphatic rings. The Morgan fingerprint density at radius 2 is 1.93 bits per heavy atom. The Balaban J connectivity index is 1.33. The molecule has 1 aromatic heterocycles. The number of fused-ring (bicyclic) bond motifs is 1. The van der Waals surface area contributed by atoms with Crippen molar-refractivity contribution in [2.75, 3.05) is 25.5 Å². The number of nitrogens with zero attached hydrogens (tertiary/aromatic N) is 3. The first-order chi connectivity index (χ1) is 20.1. The van der Waals surface area contributed by atoms with Gasteiger partial charge in [0, 0.05) is 62.2 Å². The van der Waals surface area contributed by atoms with Gasteiger partial charge < -0.3 is 26.3 Å². The molecule has 1 saturated heterocycles. The number of halogens is 1. The quantitative estimate of drug-likeness (QED) is 0.400. The van der Waals surface area contributed by atoms with Gasteiger partial charge in [0.25, 0.3) is 11.5 Å². The summed E-state index contributed by atoms with van der Waals surface area (Å²) in [6, 6.07) is 1.28. The zero-order valence-corrected chi connectivity index (χ0v) is 24.0. The van der Waals surface area contributed by atoms with Crippen LogP contribution in [-0.4, -0.2) is 57.9 Å². The van der Waals surface area contributed by atoms with Gasteiger partial charge in [-0.1, -0.05) is 0 Å². The molecule has 2 aromatic rings. The number of nitrogens with one attached hydrogen (secondary N) is 4. The number of hydrogen-bond donors (Lipinski definition) is 4. The number of likely N-dealkylation sites (tertiary alicyclic amines) is 1. The molecule has 42 heavy (non-hydrogen) atoms. The fourth-order valence-corrected chi connectivity index (χ4v) is 5.43. The Kier molecular flexibility index (Phi) is 8.15. The van der Waals surface area contributed by atoms with Crippen molar-refractivity contribution < 1.29 is 14.0 Å². The molecule has 0 radical (unpaired) electrons.